The number of anilines is 1. The number of aryl methyl sites for hydroxylation is 1. The SMILES string of the molecule is CC1CCCC(n2c(C(O)c3cc(F)ccc3C(F)F)nc3c4c(ccc32)N(C)C(C)CC4)C1.O=CO.O=CO. The lowest BCUT2D eigenvalue weighted by Crippen LogP contribution is -2.33. The van der Waals surface area contributed by atoms with Crippen molar-refractivity contribution in [3.8, 4) is 0 Å². The van der Waals surface area contributed by atoms with E-state index in [-0.39, 0.29) is 30.1 Å². The summed E-state index contributed by atoms with van der Waals surface area (Å²) >= 11 is 0. The van der Waals surface area contributed by atoms with Gasteiger partial charge in [-0.2, -0.15) is 0 Å². The molecule has 1 saturated carbocycles. The zero-order valence-electron chi connectivity index (χ0n) is 22.8. The zero-order chi connectivity index (χ0) is 29.6. The maximum atomic E-state index is 14.1. The molecule has 1 aliphatic heterocycles. The summed E-state index contributed by atoms with van der Waals surface area (Å²) in [5.74, 6) is 0.202. The van der Waals surface area contributed by atoms with Gasteiger partial charge >= 0.3 is 0 Å². The Morgan fingerprint density at radius 2 is 1.70 bits per heavy atom. The van der Waals surface area contributed by atoms with E-state index in [0.717, 1.165) is 79.0 Å². The van der Waals surface area contributed by atoms with Crippen LogP contribution in [-0.4, -0.2) is 50.9 Å². The first kappa shape index (κ1) is 30.9. The lowest BCUT2D eigenvalue weighted by Gasteiger charge is -2.34. The van der Waals surface area contributed by atoms with Gasteiger partial charge in [0.05, 0.1) is 11.0 Å². The number of rotatable bonds is 4. The molecule has 1 aliphatic carbocycles. The van der Waals surface area contributed by atoms with Crippen molar-refractivity contribution in [1.82, 2.24) is 9.55 Å². The molecule has 3 N–H and O–H groups in total. The largest absolute Gasteiger partial charge is 0.483 e. The Kier molecular flexibility index (Phi) is 10.6. The molecule has 4 atom stereocenters. The van der Waals surface area contributed by atoms with Crippen molar-refractivity contribution < 1.29 is 38.1 Å². The number of nitrogens with zero attached hydrogens (tertiary/aromatic N) is 3. The van der Waals surface area contributed by atoms with Gasteiger partial charge in [-0.25, -0.2) is 18.2 Å². The van der Waals surface area contributed by atoms with Crippen molar-refractivity contribution in [2.24, 2.45) is 5.92 Å². The van der Waals surface area contributed by atoms with Gasteiger partial charge in [0.25, 0.3) is 19.4 Å². The Morgan fingerprint density at radius 1 is 1.02 bits per heavy atom. The van der Waals surface area contributed by atoms with E-state index in [2.05, 4.69) is 36.4 Å². The highest BCUT2D eigenvalue weighted by Crippen LogP contribution is 2.42. The van der Waals surface area contributed by atoms with Crippen LogP contribution in [0.15, 0.2) is 30.3 Å². The van der Waals surface area contributed by atoms with Crippen LogP contribution in [0.25, 0.3) is 11.0 Å². The van der Waals surface area contributed by atoms with Crippen molar-refractivity contribution in [2.75, 3.05) is 11.9 Å². The van der Waals surface area contributed by atoms with E-state index in [1.165, 1.54) is 0 Å². The highest BCUT2D eigenvalue weighted by molar-refractivity contribution is 5.86. The van der Waals surface area contributed by atoms with Crippen LogP contribution in [0.1, 0.15) is 87.0 Å². The van der Waals surface area contributed by atoms with Crippen molar-refractivity contribution >= 4 is 29.7 Å². The molecule has 2 heterocycles. The first-order valence-electron chi connectivity index (χ1n) is 13.3. The molecule has 11 heteroatoms. The molecule has 3 aromatic rings. The molecule has 5 rings (SSSR count). The molecular formula is C29H36F3N3O5. The molecule has 0 radical (unpaired) electrons. The number of imidazole rings is 1. The third-order valence-electron chi connectivity index (χ3n) is 7.92. The second kappa shape index (κ2) is 13.6. The molecule has 218 valence electrons. The molecule has 8 nitrogen and oxygen atoms in total. The van der Waals surface area contributed by atoms with Crippen molar-refractivity contribution in [3.05, 3.63) is 58.7 Å². The van der Waals surface area contributed by atoms with Gasteiger partial charge in [0.15, 0.2) is 0 Å². The number of hydrogen-bond donors (Lipinski definition) is 3. The summed E-state index contributed by atoms with van der Waals surface area (Å²) in [4.78, 5) is 23.9. The highest BCUT2D eigenvalue weighted by atomic mass is 19.3. The average molecular weight is 564 g/mol. The van der Waals surface area contributed by atoms with Crippen LogP contribution in [-0.2, 0) is 16.0 Å². The molecule has 0 spiro atoms. The standard InChI is InChI=1S/C27H32F3N3O.2CH2O2/c1-15-5-4-6-18(13-15)33-23-12-11-22-20(9-7-16(2)32(22)3)24(23)31-27(33)25(34)21-14-17(28)8-10-19(21)26(29)30;2*2-1-3/h8,10-12,14-16,18,25-26,34H,4-7,9,13H2,1-3H3;2*1H,(H,2,3). The van der Waals surface area contributed by atoms with Gasteiger partial charge in [0.2, 0.25) is 0 Å². The Morgan fingerprint density at radius 3 is 2.33 bits per heavy atom. The summed E-state index contributed by atoms with van der Waals surface area (Å²) in [7, 11) is 2.08. The molecule has 2 aromatic carbocycles. The Balaban J connectivity index is 0.000000676. The number of fused-ring (bicyclic) bond motifs is 3. The monoisotopic (exact) mass is 563 g/mol. The Hall–Kier alpha value is -3.60. The minimum absolute atomic E-state index is 0.111. The fraction of sp³-hybridized carbons (Fsp3) is 0.483. The highest BCUT2D eigenvalue weighted by Gasteiger charge is 2.32. The molecule has 4 unspecified atom stereocenters. The van der Waals surface area contributed by atoms with Crippen molar-refractivity contribution in [3.63, 3.8) is 0 Å². The second-order valence-corrected chi connectivity index (χ2v) is 10.4. The molecule has 0 bridgehead atoms. The van der Waals surface area contributed by atoms with Gasteiger partial charge in [-0.1, -0.05) is 25.8 Å². The lowest BCUT2D eigenvalue weighted by molar-refractivity contribution is -0.123. The molecule has 0 amide bonds. The number of carboxylic acid groups (broad SMARTS) is 2. The number of aromatic nitrogens is 2. The van der Waals surface area contributed by atoms with Gasteiger partial charge in [0.1, 0.15) is 17.7 Å². The van der Waals surface area contributed by atoms with Gasteiger partial charge < -0.3 is 24.8 Å². The van der Waals surface area contributed by atoms with E-state index >= 15 is 0 Å². The van der Waals surface area contributed by atoms with Crippen LogP contribution >= 0.6 is 0 Å². The number of hydrogen-bond acceptors (Lipinski definition) is 5. The van der Waals surface area contributed by atoms with Crippen LogP contribution in [0.3, 0.4) is 0 Å². The number of aliphatic hydroxyl groups is 1. The van der Waals surface area contributed by atoms with Gasteiger partial charge in [-0.05, 0) is 68.4 Å². The van der Waals surface area contributed by atoms with Crippen LogP contribution in [0, 0.1) is 11.7 Å². The van der Waals surface area contributed by atoms with Crippen LogP contribution in [0.4, 0.5) is 18.9 Å². The van der Waals surface area contributed by atoms with E-state index in [9.17, 15) is 18.3 Å². The molecule has 1 aromatic heterocycles. The van der Waals surface area contributed by atoms with Crippen molar-refractivity contribution in [1.29, 1.82) is 0 Å². The summed E-state index contributed by atoms with van der Waals surface area (Å²) in [6.45, 7) is 3.92. The number of halogens is 3. The number of carbonyl (C=O) groups is 2. The first-order valence-corrected chi connectivity index (χ1v) is 13.3. The maximum Gasteiger partial charge on any atom is 0.290 e. The minimum atomic E-state index is -2.82. The predicted molar refractivity (Wildman–Crippen MR) is 145 cm³/mol. The lowest BCUT2D eigenvalue weighted by atomic mass is 9.86. The topological polar surface area (TPSA) is 116 Å². The first-order chi connectivity index (χ1) is 19.1. The van der Waals surface area contributed by atoms with E-state index in [1.54, 1.807) is 0 Å². The summed E-state index contributed by atoms with van der Waals surface area (Å²) < 4.78 is 43.7. The maximum absolute atomic E-state index is 14.1. The fourth-order valence-corrected chi connectivity index (χ4v) is 5.92. The molecular weight excluding hydrogens is 527 g/mol. The van der Waals surface area contributed by atoms with E-state index < -0.39 is 18.3 Å². The van der Waals surface area contributed by atoms with Gasteiger partial charge in [-0.3, -0.25) is 9.59 Å². The zero-order valence-corrected chi connectivity index (χ0v) is 22.8. The summed E-state index contributed by atoms with van der Waals surface area (Å²) in [5.41, 5.74) is 3.51. The Labute approximate surface area is 231 Å². The molecule has 0 saturated heterocycles. The summed E-state index contributed by atoms with van der Waals surface area (Å²) in [5, 5.41) is 25.2. The number of alkyl halides is 2. The van der Waals surface area contributed by atoms with Gasteiger partial charge in [-0.15, -0.1) is 0 Å². The number of aliphatic hydroxyl groups excluding tert-OH is 1. The molecule has 40 heavy (non-hydrogen) atoms. The van der Waals surface area contributed by atoms with Crippen molar-refractivity contribution in [2.45, 2.75) is 77.0 Å². The summed E-state index contributed by atoms with van der Waals surface area (Å²) in [6.07, 6.45) is 1.69. The van der Waals surface area contributed by atoms with Gasteiger partial charge in [0, 0.05) is 35.9 Å². The summed E-state index contributed by atoms with van der Waals surface area (Å²) in [6, 6.07) is 7.77. The predicted octanol–water partition coefficient (Wildman–Crippen LogP) is 6.12. The molecule has 1 fully saturated rings. The third-order valence-corrected chi connectivity index (χ3v) is 7.92. The van der Waals surface area contributed by atoms with E-state index in [0.29, 0.717) is 17.8 Å². The van der Waals surface area contributed by atoms with E-state index in [1.807, 2.05) is 6.07 Å². The van der Waals surface area contributed by atoms with Crippen LogP contribution in [0.2, 0.25) is 0 Å². The Bertz CT molecular complexity index is 1310. The average Bonchev–Trinajstić information content (AvgIpc) is 3.31. The van der Waals surface area contributed by atoms with Crippen LogP contribution in [0.5, 0.6) is 0 Å². The fourth-order valence-electron chi connectivity index (χ4n) is 5.92. The molecule has 2 aliphatic rings. The number of benzene rings is 2. The normalized spacial score (nSPS) is 21.0. The second-order valence-electron chi connectivity index (χ2n) is 10.4. The quantitative estimate of drug-likeness (QED) is 0.328. The van der Waals surface area contributed by atoms with Crippen LogP contribution < -0.4 is 4.90 Å². The van der Waals surface area contributed by atoms with E-state index in [4.69, 9.17) is 24.8 Å². The third kappa shape index (κ3) is 6.41. The minimum Gasteiger partial charge on any atom is -0.483 e. The smallest absolute Gasteiger partial charge is 0.290 e.